The van der Waals surface area contributed by atoms with Crippen molar-refractivity contribution in [1.29, 1.82) is 0 Å². The maximum atomic E-state index is 8.73. The molecule has 1 aromatic heterocycles. The van der Waals surface area contributed by atoms with Crippen molar-refractivity contribution in [3.8, 4) is 0 Å². The molecule has 0 spiro atoms. The Labute approximate surface area is 96.2 Å². The third-order valence-electron chi connectivity index (χ3n) is 1.69. The van der Waals surface area contributed by atoms with Crippen molar-refractivity contribution in [2.24, 2.45) is 5.73 Å². The van der Waals surface area contributed by atoms with E-state index in [2.05, 4.69) is 20.9 Å². The molecule has 0 saturated heterocycles. The summed E-state index contributed by atoms with van der Waals surface area (Å²) in [6.07, 6.45) is 2.56. The Morgan fingerprint density at radius 3 is 3.07 bits per heavy atom. The molecule has 0 fully saturated rings. The van der Waals surface area contributed by atoms with E-state index in [1.807, 2.05) is 12.1 Å². The first-order chi connectivity index (χ1) is 6.74. The highest BCUT2D eigenvalue weighted by Gasteiger charge is 2.03. The number of aromatic nitrogens is 1. The van der Waals surface area contributed by atoms with Gasteiger partial charge in [-0.1, -0.05) is 0 Å². The molecule has 0 saturated carbocycles. The molecular weight excluding hydrogens is 264 g/mol. The zero-order chi connectivity index (χ0) is 10.4. The molecule has 0 radical (unpaired) electrons. The summed E-state index contributed by atoms with van der Waals surface area (Å²) >= 11 is 5.06. The van der Waals surface area contributed by atoms with E-state index in [4.69, 9.17) is 10.8 Å². The van der Waals surface area contributed by atoms with Crippen molar-refractivity contribution >= 4 is 27.7 Å². The van der Waals surface area contributed by atoms with Gasteiger partial charge in [-0.2, -0.15) is 0 Å². The molecule has 3 N–H and O–H groups in total. The van der Waals surface area contributed by atoms with Crippen LogP contribution in [-0.4, -0.2) is 28.5 Å². The van der Waals surface area contributed by atoms with Gasteiger partial charge in [0.1, 0.15) is 5.03 Å². The molecule has 0 aliphatic heterocycles. The predicted molar refractivity (Wildman–Crippen MR) is 62.3 cm³/mol. The van der Waals surface area contributed by atoms with E-state index in [9.17, 15) is 0 Å². The molecule has 0 bridgehead atoms. The lowest BCUT2D eigenvalue weighted by molar-refractivity contribution is 0.264. The summed E-state index contributed by atoms with van der Waals surface area (Å²) in [5.41, 5.74) is 5.58. The van der Waals surface area contributed by atoms with Gasteiger partial charge in [-0.05, 0) is 34.5 Å². The fraction of sp³-hybridized carbons (Fsp3) is 0.444. The van der Waals surface area contributed by atoms with Gasteiger partial charge in [0.25, 0.3) is 0 Å². The third kappa shape index (κ3) is 3.96. The van der Waals surface area contributed by atoms with Crippen LogP contribution in [-0.2, 0) is 0 Å². The van der Waals surface area contributed by atoms with Crippen LogP contribution < -0.4 is 5.73 Å². The third-order valence-corrected chi connectivity index (χ3v) is 3.63. The Morgan fingerprint density at radius 2 is 2.43 bits per heavy atom. The summed E-state index contributed by atoms with van der Waals surface area (Å²) in [7, 11) is 0. The van der Waals surface area contributed by atoms with E-state index in [1.54, 1.807) is 18.0 Å². The van der Waals surface area contributed by atoms with Crippen molar-refractivity contribution in [1.82, 2.24) is 4.98 Å². The Morgan fingerprint density at radius 1 is 1.64 bits per heavy atom. The number of nitrogens with zero attached hydrogens (tertiary/aromatic N) is 1. The Hall–Kier alpha value is -0.100. The van der Waals surface area contributed by atoms with Gasteiger partial charge in [-0.25, -0.2) is 4.98 Å². The minimum absolute atomic E-state index is 0.0456. The molecule has 0 amide bonds. The molecule has 3 nitrogen and oxygen atoms in total. The molecule has 1 heterocycles. The smallest absolute Gasteiger partial charge is 0.110 e. The van der Waals surface area contributed by atoms with Crippen LogP contribution >= 0.6 is 27.7 Å². The zero-order valence-electron chi connectivity index (χ0n) is 7.69. The standard InChI is InChI=1S/C9H13BrN2OS/c10-8-2-1-4-12-9(8)14-5-3-7(11)6-13/h1-2,4,7,13H,3,5-6,11H2. The summed E-state index contributed by atoms with van der Waals surface area (Å²) in [5, 5.41) is 9.70. The van der Waals surface area contributed by atoms with Crippen molar-refractivity contribution in [3.05, 3.63) is 22.8 Å². The fourth-order valence-electron chi connectivity index (χ4n) is 0.876. The van der Waals surface area contributed by atoms with Crippen LogP contribution in [0.15, 0.2) is 27.8 Å². The molecule has 5 heteroatoms. The lowest BCUT2D eigenvalue weighted by Gasteiger charge is -2.07. The van der Waals surface area contributed by atoms with Gasteiger partial charge in [0, 0.05) is 22.5 Å². The predicted octanol–water partition coefficient (Wildman–Crippen LogP) is 1.65. The lowest BCUT2D eigenvalue weighted by atomic mass is 10.3. The van der Waals surface area contributed by atoms with E-state index in [0.717, 1.165) is 21.7 Å². The average molecular weight is 277 g/mol. The first-order valence-corrected chi connectivity index (χ1v) is 6.11. The number of rotatable bonds is 5. The van der Waals surface area contributed by atoms with Gasteiger partial charge >= 0.3 is 0 Å². The number of nitrogens with two attached hydrogens (primary N) is 1. The van der Waals surface area contributed by atoms with Crippen LogP contribution in [0, 0.1) is 0 Å². The second-order valence-electron chi connectivity index (χ2n) is 2.87. The monoisotopic (exact) mass is 276 g/mol. The van der Waals surface area contributed by atoms with Gasteiger partial charge in [0.2, 0.25) is 0 Å². The minimum Gasteiger partial charge on any atom is -0.395 e. The van der Waals surface area contributed by atoms with Crippen molar-refractivity contribution in [3.63, 3.8) is 0 Å². The Balaban J connectivity index is 2.35. The molecular formula is C9H13BrN2OS. The van der Waals surface area contributed by atoms with E-state index < -0.39 is 0 Å². The zero-order valence-corrected chi connectivity index (χ0v) is 10.1. The van der Waals surface area contributed by atoms with E-state index in [-0.39, 0.29) is 12.6 Å². The lowest BCUT2D eigenvalue weighted by Crippen LogP contribution is -2.24. The Bertz CT molecular complexity index is 285. The van der Waals surface area contributed by atoms with Gasteiger partial charge < -0.3 is 10.8 Å². The molecule has 0 aromatic carbocycles. The van der Waals surface area contributed by atoms with E-state index in [1.165, 1.54) is 0 Å². The highest BCUT2D eigenvalue weighted by molar-refractivity contribution is 9.10. The number of aliphatic hydroxyl groups is 1. The molecule has 0 aliphatic carbocycles. The molecule has 78 valence electrons. The van der Waals surface area contributed by atoms with Gasteiger partial charge in [-0.15, -0.1) is 11.8 Å². The Kier molecular flexibility index (Phi) is 5.47. The van der Waals surface area contributed by atoms with Gasteiger partial charge in [0.15, 0.2) is 0 Å². The first-order valence-electron chi connectivity index (χ1n) is 4.33. The summed E-state index contributed by atoms with van der Waals surface area (Å²) in [5.74, 6) is 0.872. The molecule has 1 unspecified atom stereocenters. The van der Waals surface area contributed by atoms with Crippen molar-refractivity contribution < 1.29 is 5.11 Å². The highest BCUT2D eigenvalue weighted by atomic mass is 79.9. The van der Waals surface area contributed by atoms with Gasteiger partial charge in [0.05, 0.1) is 6.61 Å². The second-order valence-corrected chi connectivity index (χ2v) is 4.81. The van der Waals surface area contributed by atoms with Crippen LogP contribution in [0.5, 0.6) is 0 Å². The maximum absolute atomic E-state index is 8.73. The SMILES string of the molecule is NC(CO)CCSc1ncccc1Br. The molecule has 14 heavy (non-hydrogen) atoms. The number of thioether (sulfide) groups is 1. The summed E-state index contributed by atoms with van der Waals surface area (Å²) in [6.45, 7) is 0.0456. The molecule has 1 rings (SSSR count). The number of hydrogen-bond acceptors (Lipinski definition) is 4. The topological polar surface area (TPSA) is 59.1 Å². The first kappa shape index (κ1) is 12.0. The van der Waals surface area contributed by atoms with Gasteiger partial charge in [-0.3, -0.25) is 0 Å². The van der Waals surface area contributed by atoms with Crippen molar-refractivity contribution in [2.75, 3.05) is 12.4 Å². The number of halogens is 1. The summed E-state index contributed by atoms with van der Waals surface area (Å²) in [4.78, 5) is 4.21. The fourth-order valence-corrected chi connectivity index (χ4v) is 2.43. The normalized spacial score (nSPS) is 12.8. The minimum atomic E-state index is -0.120. The van der Waals surface area contributed by atoms with Crippen LogP contribution in [0.2, 0.25) is 0 Å². The highest BCUT2D eigenvalue weighted by Crippen LogP contribution is 2.24. The summed E-state index contributed by atoms with van der Waals surface area (Å²) < 4.78 is 1.00. The van der Waals surface area contributed by atoms with Crippen LogP contribution in [0.25, 0.3) is 0 Å². The maximum Gasteiger partial charge on any atom is 0.110 e. The van der Waals surface area contributed by atoms with Crippen molar-refractivity contribution in [2.45, 2.75) is 17.5 Å². The number of aliphatic hydroxyl groups excluding tert-OH is 1. The number of hydrogen-bond donors (Lipinski definition) is 2. The quantitative estimate of drug-likeness (QED) is 0.803. The van der Waals surface area contributed by atoms with E-state index in [0.29, 0.717) is 0 Å². The largest absolute Gasteiger partial charge is 0.395 e. The van der Waals surface area contributed by atoms with E-state index >= 15 is 0 Å². The molecule has 0 aliphatic rings. The average Bonchev–Trinajstić information content (AvgIpc) is 2.20. The number of pyridine rings is 1. The molecule has 1 atom stereocenters. The van der Waals surface area contributed by atoms with Crippen LogP contribution in [0.3, 0.4) is 0 Å². The van der Waals surface area contributed by atoms with Crippen LogP contribution in [0.4, 0.5) is 0 Å². The second kappa shape index (κ2) is 6.40. The van der Waals surface area contributed by atoms with Crippen LogP contribution in [0.1, 0.15) is 6.42 Å². The molecule has 1 aromatic rings. The summed E-state index contributed by atoms with van der Waals surface area (Å²) in [6, 6.07) is 3.72.